The van der Waals surface area contributed by atoms with E-state index in [1.54, 1.807) is 4.90 Å². The van der Waals surface area contributed by atoms with Crippen molar-refractivity contribution < 1.29 is 27.8 Å². The van der Waals surface area contributed by atoms with Gasteiger partial charge in [-0.05, 0) is 31.4 Å². The second-order valence-electron chi connectivity index (χ2n) is 6.32. The molecule has 0 atom stereocenters. The third-order valence-electron chi connectivity index (χ3n) is 4.30. The summed E-state index contributed by atoms with van der Waals surface area (Å²) in [7, 11) is 0. The molecule has 0 radical (unpaired) electrons. The number of benzene rings is 1. The van der Waals surface area contributed by atoms with Crippen LogP contribution in [0.5, 0.6) is 5.75 Å². The molecule has 0 aromatic heterocycles. The van der Waals surface area contributed by atoms with Gasteiger partial charge in [-0.2, -0.15) is 0 Å². The first-order chi connectivity index (χ1) is 11.7. The molecular weight excluding hydrogens is 337 g/mol. The van der Waals surface area contributed by atoms with Crippen LogP contribution in [0.2, 0.25) is 0 Å². The summed E-state index contributed by atoms with van der Waals surface area (Å²) in [5.41, 5.74) is -0.508. The minimum atomic E-state index is -4.78. The largest absolute Gasteiger partial charge is 0.573 e. The van der Waals surface area contributed by atoms with Crippen LogP contribution in [0.1, 0.15) is 39.0 Å². The molecule has 0 aliphatic carbocycles. The fourth-order valence-electron chi connectivity index (χ4n) is 2.86. The van der Waals surface area contributed by atoms with Crippen molar-refractivity contribution in [2.45, 2.75) is 51.0 Å². The van der Waals surface area contributed by atoms with E-state index in [4.69, 9.17) is 0 Å². The summed E-state index contributed by atoms with van der Waals surface area (Å²) >= 11 is 0. The van der Waals surface area contributed by atoms with Crippen LogP contribution in [-0.4, -0.2) is 41.1 Å². The number of piperidine rings is 1. The van der Waals surface area contributed by atoms with Gasteiger partial charge in [-0.3, -0.25) is 0 Å². The van der Waals surface area contributed by atoms with Crippen molar-refractivity contribution in [3.63, 3.8) is 0 Å². The summed E-state index contributed by atoms with van der Waals surface area (Å²) < 4.78 is 40.6. The quantitative estimate of drug-likeness (QED) is 0.830. The van der Waals surface area contributed by atoms with Crippen molar-refractivity contribution in [2.24, 2.45) is 0 Å². The second-order valence-corrected chi connectivity index (χ2v) is 6.32. The lowest BCUT2D eigenvalue weighted by Gasteiger charge is -2.38. The number of amides is 2. The van der Waals surface area contributed by atoms with Gasteiger partial charge in [0, 0.05) is 24.8 Å². The lowest BCUT2D eigenvalue weighted by molar-refractivity contribution is -0.274. The molecule has 2 rings (SSSR count). The molecule has 2 N–H and O–H groups in total. The highest BCUT2D eigenvalue weighted by molar-refractivity contribution is 5.89. The number of anilines is 1. The molecule has 1 fully saturated rings. The molecule has 1 aromatic carbocycles. The van der Waals surface area contributed by atoms with Crippen molar-refractivity contribution in [2.75, 3.05) is 18.4 Å². The van der Waals surface area contributed by atoms with Gasteiger partial charge in [-0.1, -0.05) is 25.8 Å². The summed E-state index contributed by atoms with van der Waals surface area (Å²) in [6, 6.07) is 4.74. The average molecular weight is 360 g/mol. The molecule has 0 bridgehead atoms. The Morgan fingerprint density at radius 1 is 1.36 bits per heavy atom. The molecule has 1 heterocycles. The number of alkyl halides is 3. The average Bonchev–Trinajstić information content (AvgIpc) is 2.52. The Hall–Kier alpha value is -1.96. The lowest BCUT2D eigenvalue weighted by atomic mass is 9.87. The Morgan fingerprint density at radius 3 is 2.64 bits per heavy atom. The van der Waals surface area contributed by atoms with Crippen LogP contribution >= 0.6 is 0 Å². The number of aliphatic hydroxyl groups is 1. The fraction of sp³-hybridized carbons (Fsp3) is 0.588. The molecule has 5 nitrogen and oxygen atoms in total. The molecule has 0 spiro atoms. The van der Waals surface area contributed by atoms with Gasteiger partial charge in [0.05, 0.1) is 5.60 Å². The molecular formula is C17H23F3N2O3. The fourth-order valence-corrected chi connectivity index (χ4v) is 2.86. The third-order valence-corrected chi connectivity index (χ3v) is 4.30. The minimum absolute atomic E-state index is 0.221. The molecule has 0 saturated carbocycles. The van der Waals surface area contributed by atoms with E-state index in [1.807, 2.05) is 0 Å². The van der Waals surface area contributed by atoms with Crippen molar-refractivity contribution >= 4 is 11.7 Å². The number of carbonyl (C=O) groups is 1. The van der Waals surface area contributed by atoms with Crippen LogP contribution in [-0.2, 0) is 0 Å². The smallest absolute Gasteiger partial charge is 0.406 e. The maximum absolute atomic E-state index is 12.3. The topological polar surface area (TPSA) is 61.8 Å². The van der Waals surface area contributed by atoms with Crippen LogP contribution in [0.15, 0.2) is 24.3 Å². The van der Waals surface area contributed by atoms with Gasteiger partial charge in [-0.15, -0.1) is 13.2 Å². The molecule has 0 unspecified atom stereocenters. The van der Waals surface area contributed by atoms with Gasteiger partial charge >= 0.3 is 12.4 Å². The molecule has 1 aromatic rings. The number of hydrogen-bond acceptors (Lipinski definition) is 3. The van der Waals surface area contributed by atoms with E-state index >= 15 is 0 Å². The summed E-state index contributed by atoms with van der Waals surface area (Å²) in [6.45, 7) is 2.87. The standard InChI is InChI=1S/C17H23F3N2O3/c1-2-3-7-16(24)8-10-22(11-9-16)15(23)21-13-5-4-6-14(12-13)25-17(18,19)20/h4-6,12,24H,2-3,7-11H2,1H3,(H,21,23). The van der Waals surface area contributed by atoms with Gasteiger partial charge in [0.25, 0.3) is 0 Å². The number of halogens is 3. The number of nitrogens with one attached hydrogen (secondary N) is 1. The van der Waals surface area contributed by atoms with E-state index in [0.717, 1.165) is 31.4 Å². The first kappa shape index (κ1) is 19.4. The summed E-state index contributed by atoms with van der Waals surface area (Å²) in [5.74, 6) is -0.391. The Bertz CT molecular complexity index is 585. The normalized spacial score (nSPS) is 17.2. The number of likely N-dealkylation sites (tertiary alicyclic amines) is 1. The summed E-state index contributed by atoms with van der Waals surface area (Å²) in [6.07, 6.45) is -1.12. The monoisotopic (exact) mass is 360 g/mol. The number of unbranched alkanes of at least 4 members (excludes halogenated alkanes) is 1. The van der Waals surface area contributed by atoms with Gasteiger partial charge in [0.1, 0.15) is 5.75 Å². The Labute approximate surface area is 144 Å². The summed E-state index contributed by atoms with van der Waals surface area (Å²) in [4.78, 5) is 13.8. The maximum Gasteiger partial charge on any atom is 0.573 e. The zero-order chi connectivity index (χ0) is 18.5. The highest BCUT2D eigenvalue weighted by atomic mass is 19.4. The predicted octanol–water partition coefficient (Wildman–Crippen LogP) is 4.13. The molecule has 25 heavy (non-hydrogen) atoms. The second kappa shape index (κ2) is 7.95. The first-order valence-electron chi connectivity index (χ1n) is 8.35. The zero-order valence-corrected chi connectivity index (χ0v) is 14.1. The number of nitrogens with zero attached hydrogens (tertiary/aromatic N) is 1. The summed E-state index contributed by atoms with van der Waals surface area (Å²) in [5, 5.41) is 13.0. The number of urea groups is 1. The van der Waals surface area contributed by atoms with Crippen molar-refractivity contribution in [3.8, 4) is 5.75 Å². The highest BCUT2D eigenvalue weighted by Gasteiger charge is 2.33. The zero-order valence-electron chi connectivity index (χ0n) is 14.1. The van der Waals surface area contributed by atoms with Crippen LogP contribution in [0, 0.1) is 0 Å². The number of carbonyl (C=O) groups excluding carboxylic acids is 1. The highest BCUT2D eigenvalue weighted by Crippen LogP contribution is 2.28. The van der Waals surface area contributed by atoms with Gasteiger partial charge < -0.3 is 20.1 Å². The van der Waals surface area contributed by atoms with E-state index in [9.17, 15) is 23.1 Å². The van der Waals surface area contributed by atoms with Gasteiger partial charge in [0.15, 0.2) is 0 Å². The Kier molecular flexibility index (Phi) is 6.16. The first-order valence-corrected chi connectivity index (χ1v) is 8.35. The van der Waals surface area contributed by atoms with E-state index in [1.165, 1.54) is 12.1 Å². The molecule has 140 valence electrons. The van der Waals surface area contributed by atoms with E-state index in [-0.39, 0.29) is 5.69 Å². The van der Waals surface area contributed by atoms with Crippen molar-refractivity contribution in [1.82, 2.24) is 4.90 Å². The Morgan fingerprint density at radius 2 is 2.04 bits per heavy atom. The number of rotatable bonds is 5. The number of hydrogen-bond donors (Lipinski definition) is 2. The Balaban J connectivity index is 1.90. The van der Waals surface area contributed by atoms with Crippen LogP contribution in [0.3, 0.4) is 0 Å². The van der Waals surface area contributed by atoms with E-state index in [0.29, 0.717) is 25.9 Å². The minimum Gasteiger partial charge on any atom is -0.406 e. The molecule has 1 saturated heterocycles. The maximum atomic E-state index is 12.3. The molecule has 1 aliphatic heterocycles. The van der Waals surface area contributed by atoms with Crippen LogP contribution in [0.25, 0.3) is 0 Å². The molecule has 8 heteroatoms. The van der Waals surface area contributed by atoms with E-state index < -0.39 is 23.7 Å². The van der Waals surface area contributed by atoms with Gasteiger partial charge in [0.2, 0.25) is 0 Å². The lowest BCUT2D eigenvalue weighted by Crippen LogP contribution is -2.48. The van der Waals surface area contributed by atoms with Crippen LogP contribution < -0.4 is 10.1 Å². The third kappa shape index (κ3) is 6.12. The molecule has 2 amide bonds. The molecule has 1 aliphatic rings. The van der Waals surface area contributed by atoms with Gasteiger partial charge in [-0.25, -0.2) is 4.79 Å². The van der Waals surface area contributed by atoms with Crippen molar-refractivity contribution in [1.29, 1.82) is 0 Å². The number of ether oxygens (including phenoxy) is 1. The van der Waals surface area contributed by atoms with Crippen LogP contribution in [0.4, 0.5) is 23.7 Å². The SMILES string of the molecule is CCCCC1(O)CCN(C(=O)Nc2cccc(OC(F)(F)F)c2)CC1. The van der Waals surface area contributed by atoms with Crippen molar-refractivity contribution in [3.05, 3.63) is 24.3 Å². The van der Waals surface area contributed by atoms with E-state index in [2.05, 4.69) is 17.0 Å². The predicted molar refractivity (Wildman–Crippen MR) is 87.4 cm³/mol.